The lowest BCUT2D eigenvalue weighted by Gasteiger charge is -2.07. The summed E-state index contributed by atoms with van der Waals surface area (Å²) in [6, 6.07) is 0. The van der Waals surface area contributed by atoms with E-state index in [1.807, 2.05) is 19.9 Å². The van der Waals surface area contributed by atoms with E-state index in [1.165, 1.54) is 0 Å². The van der Waals surface area contributed by atoms with E-state index in [9.17, 15) is 9.59 Å². The van der Waals surface area contributed by atoms with E-state index >= 15 is 0 Å². The molecule has 0 aliphatic heterocycles. The van der Waals surface area contributed by atoms with Crippen molar-refractivity contribution in [3.05, 3.63) is 11.6 Å². The van der Waals surface area contributed by atoms with Gasteiger partial charge in [-0.25, -0.2) is 0 Å². The van der Waals surface area contributed by atoms with E-state index < -0.39 is 0 Å². The van der Waals surface area contributed by atoms with E-state index in [4.69, 9.17) is 9.47 Å². The lowest BCUT2D eigenvalue weighted by Crippen LogP contribution is -2.10. The molecule has 0 aromatic rings. The molecule has 0 spiro atoms. The summed E-state index contributed by atoms with van der Waals surface area (Å²) >= 11 is 0. The molecule has 0 N–H and O–H groups in total. The Labute approximate surface area is 121 Å². The summed E-state index contributed by atoms with van der Waals surface area (Å²) in [7, 11) is 1.63. The third kappa shape index (κ3) is 6.33. The maximum atomic E-state index is 11.6. The molecule has 114 valence electrons. The second-order valence-electron chi connectivity index (χ2n) is 5.55. The van der Waals surface area contributed by atoms with Crippen LogP contribution in [0.5, 0.6) is 0 Å². The molecule has 1 unspecified atom stereocenters. The zero-order valence-electron chi connectivity index (χ0n) is 12.8. The first-order chi connectivity index (χ1) is 9.52. The molecule has 0 aromatic carbocycles. The third-order valence-corrected chi connectivity index (χ3v) is 3.38. The van der Waals surface area contributed by atoms with Crippen LogP contribution < -0.4 is 0 Å². The third-order valence-electron chi connectivity index (χ3n) is 3.38. The standard InChI is InChI=1S/C16H26O4/c1-12(2)20-16(18)9-7-5-4-6-8-13-10-14(19-3)11-15(13)17/h10,12,14H,4-9,11H2,1-3H3. The molecule has 0 radical (unpaired) electrons. The fourth-order valence-corrected chi connectivity index (χ4v) is 2.32. The number of ketones is 1. The maximum Gasteiger partial charge on any atom is 0.306 e. The first-order valence-electron chi connectivity index (χ1n) is 7.49. The Morgan fingerprint density at radius 2 is 2.00 bits per heavy atom. The van der Waals surface area contributed by atoms with Gasteiger partial charge in [0, 0.05) is 20.0 Å². The predicted octanol–water partition coefficient (Wildman–Crippen LogP) is 3.19. The second-order valence-corrected chi connectivity index (χ2v) is 5.55. The number of carbonyl (C=O) groups is 2. The van der Waals surface area contributed by atoms with Crippen LogP contribution in [0.1, 0.15) is 58.8 Å². The van der Waals surface area contributed by atoms with Gasteiger partial charge >= 0.3 is 5.97 Å². The van der Waals surface area contributed by atoms with E-state index in [2.05, 4.69) is 0 Å². The number of allylic oxidation sites excluding steroid dienone is 1. The smallest absolute Gasteiger partial charge is 0.306 e. The summed E-state index contributed by atoms with van der Waals surface area (Å²) in [6.07, 6.45) is 7.60. The first kappa shape index (κ1) is 16.9. The van der Waals surface area contributed by atoms with E-state index in [0.717, 1.165) is 37.7 Å². The first-order valence-corrected chi connectivity index (χ1v) is 7.49. The van der Waals surface area contributed by atoms with Crippen LogP contribution in [0.25, 0.3) is 0 Å². The molecule has 0 heterocycles. The van der Waals surface area contributed by atoms with Gasteiger partial charge in [0.05, 0.1) is 12.2 Å². The zero-order valence-corrected chi connectivity index (χ0v) is 12.8. The van der Waals surface area contributed by atoms with Crippen LogP contribution in [0, 0.1) is 0 Å². The molecular weight excluding hydrogens is 256 g/mol. The Balaban J connectivity index is 2.05. The summed E-state index contributed by atoms with van der Waals surface area (Å²) in [4.78, 5) is 23.0. The van der Waals surface area contributed by atoms with Crippen molar-refractivity contribution in [2.75, 3.05) is 7.11 Å². The van der Waals surface area contributed by atoms with Gasteiger partial charge in [-0.2, -0.15) is 0 Å². The number of ether oxygens (including phenoxy) is 2. The second kappa shape index (κ2) is 8.90. The van der Waals surface area contributed by atoms with Crippen LogP contribution in [-0.4, -0.2) is 31.1 Å². The molecule has 1 atom stereocenters. The molecule has 4 heteroatoms. The molecule has 0 aromatic heterocycles. The summed E-state index contributed by atoms with van der Waals surface area (Å²) in [5.74, 6) is 0.106. The Morgan fingerprint density at radius 3 is 2.60 bits per heavy atom. The average Bonchev–Trinajstić information content (AvgIpc) is 2.73. The molecule has 0 saturated heterocycles. The minimum atomic E-state index is -0.114. The number of Topliss-reactive ketones (excluding diaryl/α,β-unsaturated/α-hetero) is 1. The number of methoxy groups -OCH3 is 1. The normalized spacial score (nSPS) is 18.5. The fraction of sp³-hybridized carbons (Fsp3) is 0.750. The average molecular weight is 282 g/mol. The van der Waals surface area contributed by atoms with E-state index in [1.54, 1.807) is 7.11 Å². The molecule has 4 nitrogen and oxygen atoms in total. The maximum absolute atomic E-state index is 11.6. The minimum absolute atomic E-state index is 0.0247. The van der Waals surface area contributed by atoms with Gasteiger partial charge in [0.25, 0.3) is 0 Å². The number of rotatable bonds is 9. The van der Waals surface area contributed by atoms with Gasteiger partial charge in [-0.3, -0.25) is 9.59 Å². The molecule has 20 heavy (non-hydrogen) atoms. The molecule has 1 aliphatic rings. The molecule has 1 aliphatic carbocycles. The lowest BCUT2D eigenvalue weighted by molar-refractivity contribution is -0.147. The van der Waals surface area contributed by atoms with Crippen LogP contribution >= 0.6 is 0 Å². The molecule has 0 fully saturated rings. The van der Waals surface area contributed by atoms with Crippen molar-refractivity contribution < 1.29 is 19.1 Å². The van der Waals surface area contributed by atoms with Gasteiger partial charge in [-0.1, -0.05) is 12.8 Å². The van der Waals surface area contributed by atoms with Crippen LogP contribution in [0.2, 0.25) is 0 Å². The highest BCUT2D eigenvalue weighted by atomic mass is 16.5. The lowest BCUT2D eigenvalue weighted by atomic mass is 10.0. The number of hydrogen-bond donors (Lipinski definition) is 0. The monoisotopic (exact) mass is 282 g/mol. The molecule has 0 amide bonds. The number of carbonyl (C=O) groups excluding carboxylic acids is 2. The Bertz CT molecular complexity index is 357. The van der Waals surface area contributed by atoms with Gasteiger partial charge in [0.15, 0.2) is 5.78 Å². The Morgan fingerprint density at radius 1 is 1.30 bits per heavy atom. The van der Waals surface area contributed by atoms with Crippen LogP contribution in [0.15, 0.2) is 11.6 Å². The largest absolute Gasteiger partial charge is 0.463 e. The molecule has 1 rings (SSSR count). The van der Waals surface area contributed by atoms with E-state index in [-0.39, 0.29) is 24.0 Å². The quantitative estimate of drug-likeness (QED) is 0.481. The van der Waals surface area contributed by atoms with Crippen molar-refractivity contribution >= 4 is 11.8 Å². The molecule has 0 saturated carbocycles. The summed E-state index contributed by atoms with van der Waals surface area (Å²) in [6.45, 7) is 3.72. The van der Waals surface area contributed by atoms with Crippen LogP contribution in [-0.2, 0) is 19.1 Å². The van der Waals surface area contributed by atoms with E-state index in [0.29, 0.717) is 12.8 Å². The van der Waals surface area contributed by atoms with Crippen molar-refractivity contribution in [3.63, 3.8) is 0 Å². The molecule has 0 bridgehead atoms. The van der Waals surface area contributed by atoms with Gasteiger partial charge < -0.3 is 9.47 Å². The van der Waals surface area contributed by atoms with Crippen LogP contribution in [0.4, 0.5) is 0 Å². The Kier molecular flexibility index (Phi) is 7.52. The van der Waals surface area contributed by atoms with Crippen molar-refractivity contribution in [1.82, 2.24) is 0 Å². The SMILES string of the molecule is COC1C=C(CCCCCCC(=O)OC(C)C)C(=O)C1. The molecular formula is C16H26O4. The van der Waals surface area contributed by atoms with Gasteiger partial charge in [0.2, 0.25) is 0 Å². The zero-order chi connectivity index (χ0) is 15.0. The summed E-state index contributed by atoms with van der Waals surface area (Å²) in [5.41, 5.74) is 0.913. The van der Waals surface area contributed by atoms with Crippen LogP contribution in [0.3, 0.4) is 0 Å². The van der Waals surface area contributed by atoms with Gasteiger partial charge in [0.1, 0.15) is 0 Å². The summed E-state index contributed by atoms with van der Waals surface area (Å²) in [5, 5.41) is 0. The van der Waals surface area contributed by atoms with Gasteiger partial charge in [-0.15, -0.1) is 0 Å². The van der Waals surface area contributed by atoms with Gasteiger partial charge in [-0.05, 0) is 44.8 Å². The predicted molar refractivity (Wildman–Crippen MR) is 77.4 cm³/mol. The van der Waals surface area contributed by atoms with Crippen molar-refractivity contribution in [3.8, 4) is 0 Å². The number of esters is 1. The highest BCUT2D eigenvalue weighted by molar-refractivity contribution is 5.98. The number of unbranched alkanes of at least 4 members (excludes halogenated alkanes) is 3. The minimum Gasteiger partial charge on any atom is -0.463 e. The van der Waals surface area contributed by atoms with Crippen molar-refractivity contribution in [1.29, 1.82) is 0 Å². The number of hydrogen-bond acceptors (Lipinski definition) is 4. The Hall–Kier alpha value is -1.16. The van der Waals surface area contributed by atoms with Crippen molar-refractivity contribution in [2.24, 2.45) is 0 Å². The fourth-order valence-electron chi connectivity index (χ4n) is 2.32. The summed E-state index contributed by atoms with van der Waals surface area (Å²) < 4.78 is 10.2. The topological polar surface area (TPSA) is 52.6 Å². The van der Waals surface area contributed by atoms with Crippen molar-refractivity contribution in [2.45, 2.75) is 71.0 Å². The highest BCUT2D eigenvalue weighted by Gasteiger charge is 2.22. The highest BCUT2D eigenvalue weighted by Crippen LogP contribution is 2.22.